The molecule has 1 N–H and O–H groups in total. The van der Waals surface area contributed by atoms with Gasteiger partial charge in [-0.05, 0) is 56.5 Å². The van der Waals surface area contributed by atoms with Crippen LogP contribution in [-0.4, -0.2) is 62.1 Å². The molecule has 1 heterocycles. The molecule has 0 bridgehead atoms. The summed E-state index contributed by atoms with van der Waals surface area (Å²) in [6.07, 6.45) is 2.40. The van der Waals surface area contributed by atoms with Crippen LogP contribution in [0, 0.1) is 5.92 Å². The van der Waals surface area contributed by atoms with Gasteiger partial charge in [0.15, 0.2) is 5.96 Å². The Morgan fingerprint density at radius 2 is 2.04 bits per heavy atom. The molecule has 1 aliphatic rings. The maximum atomic E-state index is 12.2. The number of alkyl halides is 2. The molecule has 2 rings (SSSR count). The van der Waals surface area contributed by atoms with E-state index < -0.39 is 6.61 Å². The molecule has 0 radical (unpaired) electrons. The molecule has 1 aromatic carbocycles. The van der Waals surface area contributed by atoms with Crippen molar-refractivity contribution in [2.24, 2.45) is 10.9 Å². The molecule has 0 aromatic heterocycles. The number of aliphatic imine (C=N–C) groups is 1. The number of benzene rings is 1. The molecule has 160 valence electrons. The van der Waals surface area contributed by atoms with E-state index in [0.717, 1.165) is 31.2 Å². The van der Waals surface area contributed by atoms with Crippen LogP contribution >= 0.6 is 24.0 Å². The van der Waals surface area contributed by atoms with Gasteiger partial charge in [0.2, 0.25) is 0 Å². The van der Waals surface area contributed by atoms with E-state index >= 15 is 0 Å². The third kappa shape index (κ3) is 8.46. The minimum Gasteiger partial charge on any atom is -0.435 e. The molecule has 28 heavy (non-hydrogen) atoms. The first-order chi connectivity index (χ1) is 13.0. The van der Waals surface area contributed by atoms with E-state index in [-0.39, 0.29) is 29.7 Å². The Bertz CT molecular complexity index is 586. The van der Waals surface area contributed by atoms with Crippen molar-refractivity contribution in [2.75, 3.05) is 39.8 Å². The standard InChI is InChI=1S/C20H32F2N4O.HI/c1-4-11-26-12-10-17(15-26)13-24-20(23-5-2)25(3)14-16-6-8-18(9-7-16)27-19(21)22;/h6-9,17,19H,4-5,10-15H2,1-3H3,(H,23,24);1H. The molecule has 0 amide bonds. The predicted octanol–water partition coefficient (Wildman–Crippen LogP) is 4.04. The van der Waals surface area contributed by atoms with E-state index in [2.05, 4.69) is 33.7 Å². The van der Waals surface area contributed by atoms with Gasteiger partial charge in [-0.3, -0.25) is 4.99 Å². The third-order valence-corrected chi connectivity index (χ3v) is 4.67. The molecule has 1 aliphatic heterocycles. The van der Waals surface area contributed by atoms with Gasteiger partial charge in [-0.15, -0.1) is 24.0 Å². The minimum absolute atomic E-state index is 0. The Kier molecular flexibility index (Phi) is 11.7. The quantitative estimate of drug-likeness (QED) is 0.310. The topological polar surface area (TPSA) is 40.1 Å². The zero-order chi connectivity index (χ0) is 19.6. The van der Waals surface area contributed by atoms with Crippen molar-refractivity contribution in [3.8, 4) is 5.75 Å². The number of hydrogen-bond acceptors (Lipinski definition) is 3. The Hall–Kier alpha value is -1.16. The summed E-state index contributed by atoms with van der Waals surface area (Å²) in [5.41, 5.74) is 1.01. The highest BCUT2D eigenvalue weighted by Crippen LogP contribution is 2.18. The van der Waals surface area contributed by atoms with Gasteiger partial charge in [0.25, 0.3) is 0 Å². The largest absolute Gasteiger partial charge is 0.435 e. The zero-order valence-corrected chi connectivity index (χ0v) is 19.4. The van der Waals surface area contributed by atoms with Gasteiger partial charge in [-0.1, -0.05) is 19.1 Å². The van der Waals surface area contributed by atoms with Crippen LogP contribution in [0.4, 0.5) is 8.78 Å². The summed E-state index contributed by atoms with van der Waals surface area (Å²) in [5.74, 6) is 1.67. The number of likely N-dealkylation sites (tertiary alicyclic amines) is 1. The van der Waals surface area contributed by atoms with Gasteiger partial charge >= 0.3 is 6.61 Å². The first kappa shape index (κ1) is 24.9. The average molecular weight is 510 g/mol. The predicted molar refractivity (Wildman–Crippen MR) is 121 cm³/mol. The Morgan fingerprint density at radius 1 is 1.32 bits per heavy atom. The average Bonchev–Trinajstić information content (AvgIpc) is 3.07. The first-order valence-electron chi connectivity index (χ1n) is 9.77. The van der Waals surface area contributed by atoms with Gasteiger partial charge in [-0.2, -0.15) is 8.78 Å². The molecule has 0 saturated carbocycles. The second kappa shape index (κ2) is 13.1. The highest BCUT2D eigenvalue weighted by atomic mass is 127. The first-order valence-corrected chi connectivity index (χ1v) is 9.77. The van der Waals surface area contributed by atoms with Crippen LogP contribution in [0.2, 0.25) is 0 Å². The number of nitrogens with zero attached hydrogens (tertiary/aromatic N) is 3. The van der Waals surface area contributed by atoms with Crippen LogP contribution in [0.25, 0.3) is 0 Å². The van der Waals surface area contributed by atoms with Crippen molar-refractivity contribution < 1.29 is 13.5 Å². The van der Waals surface area contributed by atoms with Crippen LogP contribution in [0.15, 0.2) is 29.3 Å². The van der Waals surface area contributed by atoms with E-state index in [1.807, 2.05) is 7.05 Å². The molecule has 1 atom stereocenters. The maximum absolute atomic E-state index is 12.2. The molecule has 0 aliphatic carbocycles. The summed E-state index contributed by atoms with van der Waals surface area (Å²) in [6, 6.07) is 6.75. The van der Waals surface area contributed by atoms with Crippen molar-refractivity contribution in [2.45, 2.75) is 39.8 Å². The molecule has 1 aromatic rings. The molecule has 8 heteroatoms. The van der Waals surface area contributed by atoms with Crippen LogP contribution in [0.5, 0.6) is 5.75 Å². The summed E-state index contributed by atoms with van der Waals surface area (Å²) < 4.78 is 28.9. The molecule has 1 saturated heterocycles. The van der Waals surface area contributed by atoms with Gasteiger partial charge in [0.1, 0.15) is 5.75 Å². The molecule has 1 fully saturated rings. The lowest BCUT2D eigenvalue weighted by atomic mass is 10.1. The second-order valence-electron chi connectivity index (χ2n) is 7.03. The van der Waals surface area contributed by atoms with Crippen LogP contribution in [-0.2, 0) is 6.54 Å². The smallest absolute Gasteiger partial charge is 0.387 e. The number of ether oxygens (including phenoxy) is 1. The van der Waals surface area contributed by atoms with Gasteiger partial charge in [0.05, 0.1) is 0 Å². The molecule has 5 nitrogen and oxygen atoms in total. The third-order valence-electron chi connectivity index (χ3n) is 4.67. The second-order valence-corrected chi connectivity index (χ2v) is 7.03. The molecule has 0 spiro atoms. The van der Waals surface area contributed by atoms with Crippen molar-refractivity contribution >= 4 is 29.9 Å². The van der Waals surface area contributed by atoms with Crippen LogP contribution in [0.1, 0.15) is 32.3 Å². The fraction of sp³-hybridized carbons (Fsp3) is 0.650. The molecular formula is C20H33F2IN4O. The van der Waals surface area contributed by atoms with E-state index in [1.54, 1.807) is 24.3 Å². The number of guanidine groups is 1. The van der Waals surface area contributed by atoms with Gasteiger partial charge in [-0.25, -0.2) is 0 Å². The van der Waals surface area contributed by atoms with E-state index in [1.165, 1.54) is 25.9 Å². The van der Waals surface area contributed by atoms with E-state index in [4.69, 9.17) is 4.99 Å². The Balaban J connectivity index is 0.00000392. The van der Waals surface area contributed by atoms with Crippen molar-refractivity contribution in [3.63, 3.8) is 0 Å². The molecule has 1 unspecified atom stereocenters. The highest BCUT2D eigenvalue weighted by Gasteiger charge is 2.21. The van der Waals surface area contributed by atoms with Crippen LogP contribution in [0.3, 0.4) is 0 Å². The summed E-state index contributed by atoms with van der Waals surface area (Å²) in [4.78, 5) is 9.40. The Labute approximate surface area is 184 Å². The normalized spacial score (nSPS) is 17.5. The zero-order valence-electron chi connectivity index (χ0n) is 17.0. The number of rotatable bonds is 9. The molecular weight excluding hydrogens is 477 g/mol. The summed E-state index contributed by atoms with van der Waals surface area (Å²) in [5, 5.41) is 3.34. The SMILES string of the molecule is CCCN1CCC(CN=C(NCC)N(C)Cc2ccc(OC(F)F)cc2)C1.I. The van der Waals surface area contributed by atoms with Gasteiger partial charge < -0.3 is 19.9 Å². The maximum Gasteiger partial charge on any atom is 0.387 e. The number of hydrogen-bond donors (Lipinski definition) is 1. The van der Waals surface area contributed by atoms with E-state index in [9.17, 15) is 8.78 Å². The summed E-state index contributed by atoms with van der Waals surface area (Å²) in [7, 11) is 1.99. The number of halogens is 3. The number of nitrogens with one attached hydrogen (secondary N) is 1. The van der Waals surface area contributed by atoms with Crippen molar-refractivity contribution in [1.82, 2.24) is 15.1 Å². The monoisotopic (exact) mass is 510 g/mol. The fourth-order valence-electron chi connectivity index (χ4n) is 3.39. The Morgan fingerprint density at radius 3 is 2.64 bits per heavy atom. The summed E-state index contributed by atoms with van der Waals surface area (Å²) in [6.45, 7) is 7.23. The van der Waals surface area contributed by atoms with Crippen molar-refractivity contribution in [3.05, 3.63) is 29.8 Å². The summed E-state index contributed by atoms with van der Waals surface area (Å²) >= 11 is 0. The lowest BCUT2D eigenvalue weighted by Gasteiger charge is -2.23. The minimum atomic E-state index is -2.80. The lowest BCUT2D eigenvalue weighted by molar-refractivity contribution is -0.0498. The lowest BCUT2D eigenvalue weighted by Crippen LogP contribution is -2.39. The fourth-order valence-corrected chi connectivity index (χ4v) is 3.39. The van der Waals surface area contributed by atoms with E-state index in [0.29, 0.717) is 12.5 Å². The van der Waals surface area contributed by atoms with Crippen molar-refractivity contribution in [1.29, 1.82) is 0 Å². The van der Waals surface area contributed by atoms with Crippen LogP contribution < -0.4 is 10.1 Å². The van der Waals surface area contributed by atoms with Gasteiger partial charge in [0, 0.05) is 33.2 Å². The highest BCUT2D eigenvalue weighted by molar-refractivity contribution is 14.0.